The first-order chi connectivity index (χ1) is 15.0. The van der Waals surface area contributed by atoms with Gasteiger partial charge < -0.3 is 4.57 Å². The Morgan fingerprint density at radius 1 is 1.06 bits per heavy atom. The maximum atomic E-state index is 12.7. The first kappa shape index (κ1) is 21.1. The Morgan fingerprint density at radius 3 is 2.58 bits per heavy atom. The maximum absolute atomic E-state index is 12.7. The summed E-state index contributed by atoms with van der Waals surface area (Å²) in [6.45, 7) is 0.580. The molecule has 0 aliphatic carbocycles. The van der Waals surface area contributed by atoms with Gasteiger partial charge in [-0.25, -0.2) is 8.42 Å². The Morgan fingerprint density at radius 2 is 1.81 bits per heavy atom. The molecule has 4 rings (SSSR count). The van der Waals surface area contributed by atoms with Crippen molar-refractivity contribution >= 4 is 38.0 Å². The number of hydrogen-bond donors (Lipinski definition) is 1. The SMILES string of the molecule is CONS(=O)(=O)c1ccc(C(=O)N=c2sccn2Cc2cccc3ccccc23)cc1. The van der Waals surface area contributed by atoms with Crippen LogP contribution in [-0.4, -0.2) is 26.0 Å². The van der Waals surface area contributed by atoms with Crippen LogP contribution in [0.4, 0.5) is 0 Å². The van der Waals surface area contributed by atoms with Crippen molar-refractivity contribution in [3.63, 3.8) is 0 Å². The summed E-state index contributed by atoms with van der Waals surface area (Å²) >= 11 is 1.36. The summed E-state index contributed by atoms with van der Waals surface area (Å²) in [7, 11) is -2.57. The number of fused-ring (bicyclic) bond motifs is 1. The lowest BCUT2D eigenvalue weighted by molar-refractivity contribution is 0.0997. The second kappa shape index (κ2) is 8.94. The van der Waals surface area contributed by atoms with Gasteiger partial charge in [0, 0.05) is 17.1 Å². The second-order valence-electron chi connectivity index (χ2n) is 6.68. The third-order valence-electron chi connectivity index (χ3n) is 4.68. The molecule has 3 aromatic carbocycles. The molecule has 31 heavy (non-hydrogen) atoms. The van der Waals surface area contributed by atoms with E-state index in [4.69, 9.17) is 0 Å². The molecule has 158 valence electrons. The van der Waals surface area contributed by atoms with E-state index in [1.807, 2.05) is 39.2 Å². The summed E-state index contributed by atoms with van der Waals surface area (Å²) in [5, 5.41) is 4.19. The number of rotatable bonds is 6. The van der Waals surface area contributed by atoms with E-state index in [1.54, 1.807) is 0 Å². The van der Waals surface area contributed by atoms with Gasteiger partial charge in [-0.05, 0) is 40.6 Å². The highest BCUT2D eigenvalue weighted by atomic mass is 32.2. The highest BCUT2D eigenvalue weighted by Gasteiger charge is 2.14. The number of benzene rings is 3. The predicted molar refractivity (Wildman–Crippen MR) is 119 cm³/mol. The number of sulfonamides is 1. The Kier molecular flexibility index (Phi) is 6.10. The fourth-order valence-electron chi connectivity index (χ4n) is 3.21. The van der Waals surface area contributed by atoms with E-state index in [0.717, 1.165) is 16.3 Å². The van der Waals surface area contributed by atoms with Crippen LogP contribution in [0.3, 0.4) is 0 Å². The number of aromatic nitrogens is 1. The Bertz CT molecular complexity index is 1400. The van der Waals surface area contributed by atoms with Crippen LogP contribution in [0.25, 0.3) is 10.8 Å². The van der Waals surface area contributed by atoms with Crippen molar-refractivity contribution in [3.8, 4) is 0 Å². The topological polar surface area (TPSA) is 89.8 Å². The van der Waals surface area contributed by atoms with Crippen molar-refractivity contribution in [1.29, 1.82) is 0 Å². The average molecular weight is 454 g/mol. The molecule has 1 heterocycles. The lowest BCUT2D eigenvalue weighted by Gasteiger charge is -2.07. The van der Waals surface area contributed by atoms with Gasteiger partial charge in [0.1, 0.15) is 0 Å². The molecule has 1 aromatic heterocycles. The molecule has 0 unspecified atom stereocenters. The quantitative estimate of drug-likeness (QED) is 0.454. The average Bonchev–Trinajstić information content (AvgIpc) is 3.20. The third-order valence-corrected chi connectivity index (χ3v) is 6.76. The standard InChI is InChI=1S/C22H19N3O4S2/c1-29-24-31(27,28)19-11-9-17(10-12-19)21(26)23-22-25(13-14-30-22)15-18-7-4-6-16-5-2-3-8-20(16)18/h2-14,24H,15H2,1H3. The van der Waals surface area contributed by atoms with Crippen molar-refractivity contribution in [2.45, 2.75) is 11.4 Å². The molecule has 1 N–H and O–H groups in total. The third kappa shape index (κ3) is 4.64. The van der Waals surface area contributed by atoms with Crippen molar-refractivity contribution in [2.24, 2.45) is 4.99 Å². The van der Waals surface area contributed by atoms with E-state index < -0.39 is 15.9 Å². The number of carbonyl (C=O) groups is 1. The molecule has 0 spiro atoms. The number of hydrogen-bond acceptors (Lipinski definition) is 5. The first-order valence-electron chi connectivity index (χ1n) is 9.32. The molecule has 1 amide bonds. The molecule has 0 saturated carbocycles. The molecule has 0 aliphatic rings. The van der Waals surface area contributed by atoms with E-state index in [1.165, 1.54) is 42.7 Å². The van der Waals surface area contributed by atoms with E-state index in [2.05, 4.69) is 34.1 Å². The van der Waals surface area contributed by atoms with Gasteiger partial charge in [-0.2, -0.15) is 4.99 Å². The monoisotopic (exact) mass is 453 g/mol. The zero-order valence-corrected chi connectivity index (χ0v) is 18.2. The number of amides is 1. The number of nitrogens with one attached hydrogen (secondary N) is 1. The molecule has 0 bridgehead atoms. The second-order valence-corrected chi connectivity index (χ2v) is 9.20. The van der Waals surface area contributed by atoms with Gasteiger partial charge in [0.05, 0.1) is 18.6 Å². The minimum Gasteiger partial charge on any atom is -0.319 e. The fraction of sp³-hybridized carbons (Fsp3) is 0.0909. The number of thiazole rings is 1. The van der Waals surface area contributed by atoms with Crippen molar-refractivity contribution in [1.82, 2.24) is 9.45 Å². The lowest BCUT2D eigenvalue weighted by Crippen LogP contribution is -2.22. The van der Waals surface area contributed by atoms with Crippen LogP contribution in [-0.2, 0) is 21.4 Å². The summed E-state index contributed by atoms with van der Waals surface area (Å²) in [4.78, 5) is 23.9. The maximum Gasteiger partial charge on any atom is 0.279 e. The van der Waals surface area contributed by atoms with Gasteiger partial charge in [0.25, 0.3) is 15.9 Å². The van der Waals surface area contributed by atoms with Gasteiger partial charge >= 0.3 is 0 Å². The summed E-state index contributed by atoms with van der Waals surface area (Å²) in [5.41, 5.74) is 1.42. The largest absolute Gasteiger partial charge is 0.319 e. The Balaban J connectivity index is 1.61. The molecule has 0 saturated heterocycles. The molecule has 0 fully saturated rings. The molecule has 0 radical (unpaired) electrons. The lowest BCUT2D eigenvalue weighted by atomic mass is 10.0. The smallest absolute Gasteiger partial charge is 0.279 e. The van der Waals surface area contributed by atoms with E-state index in [-0.39, 0.29) is 4.90 Å². The zero-order valence-electron chi connectivity index (χ0n) is 16.6. The fourth-order valence-corrected chi connectivity index (χ4v) is 4.74. The van der Waals surface area contributed by atoms with E-state index in [0.29, 0.717) is 16.9 Å². The highest BCUT2D eigenvalue weighted by Crippen LogP contribution is 2.19. The summed E-state index contributed by atoms with van der Waals surface area (Å²) < 4.78 is 25.8. The van der Waals surface area contributed by atoms with E-state index >= 15 is 0 Å². The summed E-state index contributed by atoms with van der Waals surface area (Å²) in [5.74, 6) is -0.447. The van der Waals surface area contributed by atoms with Crippen LogP contribution in [0.1, 0.15) is 15.9 Å². The minimum absolute atomic E-state index is 0.00644. The van der Waals surface area contributed by atoms with Crippen LogP contribution < -0.4 is 9.69 Å². The summed E-state index contributed by atoms with van der Waals surface area (Å²) in [6, 6.07) is 19.8. The first-order valence-corrected chi connectivity index (χ1v) is 11.7. The molecule has 7 nitrogen and oxygen atoms in total. The minimum atomic E-state index is -3.78. The molecule has 9 heteroatoms. The van der Waals surface area contributed by atoms with Crippen molar-refractivity contribution in [3.05, 3.63) is 94.2 Å². The van der Waals surface area contributed by atoms with E-state index in [9.17, 15) is 13.2 Å². The molecular weight excluding hydrogens is 434 g/mol. The number of carbonyl (C=O) groups excluding carboxylic acids is 1. The normalized spacial score (nSPS) is 12.4. The molecule has 4 aromatic rings. The zero-order chi connectivity index (χ0) is 21.8. The predicted octanol–water partition coefficient (Wildman–Crippen LogP) is 3.33. The van der Waals surface area contributed by atoms with Gasteiger partial charge in [-0.15, -0.1) is 11.3 Å². The van der Waals surface area contributed by atoms with Gasteiger partial charge in [-0.1, -0.05) is 47.3 Å². The molecule has 0 atom stereocenters. The van der Waals surface area contributed by atoms with Crippen LogP contribution in [0.2, 0.25) is 0 Å². The van der Waals surface area contributed by atoms with Crippen LogP contribution in [0, 0.1) is 0 Å². The van der Waals surface area contributed by atoms with Gasteiger partial charge in [0.15, 0.2) is 4.80 Å². The van der Waals surface area contributed by atoms with Gasteiger partial charge in [-0.3, -0.25) is 9.63 Å². The number of nitrogens with zero attached hydrogens (tertiary/aromatic N) is 2. The van der Waals surface area contributed by atoms with Crippen molar-refractivity contribution in [2.75, 3.05) is 7.11 Å². The van der Waals surface area contributed by atoms with Crippen LogP contribution in [0.15, 0.2) is 88.2 Å². The Hall–Kier alpha value is -3.11. The van der Waals surface area contributed by atoms with Crippen LogP contribution >= 0.6 is 11.3 Å². The van der Waals surface area contributed by atoms with Crippen molar-refractivity contribution < 1.29 is 18.0 Å². The summed E-state index contributed by atoms with van der Waals surface area (Å²) in [6.07, 6.45) is 1.89. The van der Waals surface area contributed by atoms with Gasteiger partial charge in [0.2, 0.25) is 0 Å². The highest BCUT2D eigenvalue weighted by molar-refractivity contribution is 7.89. The molecule has 0 aliphatic heterocycles. The van der Waals surface area contributed by atoms with Crippen LogP contribution in [0.5, 0.6) is 0 Å². The molecular formula is C22H19N3O4S2. The Labute approximate surface area is 183 Å².